The molecular formula is C17H20BrNO2. The van der Waals surface area contributed by atoms with E-state index in [1.807, 2.05) is 36.4 Å². The highest BCUT2D eigenvalue weighted by Crippen LogP contribution is 2.32. The number of unbranched alkanes of at least 4 members (excludes halogenated alkanes) is 2. The highest BCUT2D eigenvalue weighted by Gasteiger charge is 2.08. The molecular weight excluding hydrogens is 330 g/mol. The van der Waals surface area contributed by atoms with Gasteiger partial charge in [0.25, 0.3) is 5.91 Å². The number of ether oxygens (including phenoxy) is 1. The zero-order valence-corrected chi connectivity index (χ0v) is 13.8. The van der Waals surface area contributed by atoms with Gasteiger partial charge in [0.05, 0.1) is 4.47 Å². The van der Waals surface area contributed by atoms with Gasteiger partial charge in [-0.05, 0) is 39.2 Å². The van der Waals surface area contributed by atoms with E-state index in [2.05, 4.69) is 28.2 Å². The van der Waals surface area contributed by atoms with Crippen LogP contribution in [0.1, 0.15) is 26.2 Å². The summed E-state index contributed by atoms with van der Waals surface area (Å²) in [4.78, 5) is 11.7. The fraction of sp³-hybridized carbons (Fsp3) is 0.353. The number of nitrogens with one attached hydrogen (secondary N) is 1. The first-order valence-corrected chi connectivity index (χ1v) is 8.08. The van der Waals surface area contributed by atoms with Gasteiger partial charge in [0.1, 0.15) is 5.75 Å². The van der Waals surface area contributed by atoms with Crippen molar-refractivity contribution in [3.05, 3.63) is 40.9 Å². The lowest BCUT2D eigenvalue weighted by Gasteiger charge is -2.10. The van der Waals surface area contributed by atoms with E-state index in [1.54, 1.807) is 0 Å². The van der Waals surface area contributed by atoms with E-state index in [1.165, 1.54) is 0 Å². The van der Waals surface area contributed by atoms with Crippen molar-refractivity contribution in [1.29, 1.82) is 0 Å². The highest BCUT2D eigenvalue weighted by atomic mass is 79.9. The second-order valence-electron chi connectivity index (χ2n) is 4.94. The normalized spacial score (nSPS) is 10.6. The number of carbonyl (C=O) groups is 1. The zero-order valence-electron chi connectivity index (χ0n) is 12.2. The summed E-state index contributed by atoms with van der Waals surface area (Å²) in [5, 5.41) is 5.09. The summed E-state index contributed by atoms with van der Waals surface area (Å²) in [5.41, 5.74) is 0. The molecule has 0 bridgehead atoms. The predicted octanol–water partition coefficient (Wildman–Crippen LogP) is 4.29. The van der Waals surface area contributed by atoms with Gasteiger partial charge in [-0.15, -0.1) is 0 Å². The number of hydrogen-bond acceptors (Lipinski definition) is 2. The highest BCUT2D eigenvalue weighted by molar-refractivity contribution is 9.10. The van der Waals surface area contributed by atoms with Gasteiger partial charge in [0.2, 0.25) is 0 Å². The molecule has 4 heteroatoms. The van der Waals surface area contributed by atoms with Crippen molar-refractivity contribution >= 4 is 32.6 Å². The SMILES string of the molecule is CCCCCNC(=O)COc1ccc2ccccc2c1Br. The maximum absolute atomic E-state index is 11.7. The van der Waals surface area contributed by atoms with Gasteiger partial charge in [-0.25, -0.2) is 0 Å². The summed E-state index contributed by atoms with van der Waals surface area (Å²) in [5.74, 6) is 0.614. The third-order valence-corrected chi connectivity index (χ3v) is 4.11. The summed E-state index contributed by atoms with van der Waals surface area (Å²) in [7, 11) is 0. The largest absolute Gasteiger partial charge is 0.483 e. The molecule has 21 heavy (non-hydrogen) atoms. The molecule has 1 N–H and O–H groups in total. The van der Waals surface area contributed by atoms with Crippen molar-refractivity contribution in [2.75, 3.05) is 13.2 Å². The van der Waals surface area contributed by atoms with Gasteiger partial charge >= 0.3 is 0 Å². The number of rotatable bonds is 7. The van der Waals surface area contributed by atoms with Crippen LogP contribution in [0.5, 0.6) is 5.75 Å². The molecule has 0 radical (unpaired) electrons. The fourth-order valence-corrected chi connectivity index (χ4v) is 2.73. The van der Waals surface area contributed by atoms with Crippen LogP contribution < -0.4 is 10.1 Å². The summed E-state index contributed by atoms with van der Waals surface area (Å²) >= 11 is 3.55. The first kappa shape index (κ1) is 15.8. The smallest absolute Gasteiger partial charge is 0.257 e. The van der Waals surface area contributed by atoms with E-state index >= 15 is 0 Å². The Morgan fingerprint density at radius 2 is 2.00 bits per heavy atom. The average Bonchev–Trinajstić information content (AvgIpc) is 2.51. The second kappa shape index (κ2) is 8.03. The van der Waals surface area contributed by atoms with E-state index in [0.29, 0.717) is 5.75 Å². The zero-order chi connectivity index (χ0) is 15.1. The molecule has 112 valence electrons. The molecule has 0 heterocycles. The molecule has 0 atom stereocenters. The number of fused-ring (bicyclic) bond motifs is 1. The molecule has 0 saturated carbocycles. The summed E-state index contributed by atoms with van der Waals surface area (Å²) in [6.45, 7) is 2.90. The second-order valence-corrected chi connectivity index (χ2v) is 5.74. The van der Waals surface area contributed by atoms with Crippen LogP contribution in [0.4, 0.5) is 0 Å². The van der Waals surface area contributed by atoms with Crippen LogP contribution in [-0.4, -0.2) is 19.1 Å². The predicted molar refractivity (Wildman–Crippen MR) is 89.7 cm³/mol. The standard InChI is InChI=1S/C17H20BrNO2/c1-2-3-6-11-19-16(20)12-21-15-10-9-13-7-4-5-8-14(13)17(15)18/h4-5,7-10H,2-3,6,11-12H2,1H3,(H,19,20). The van der Waals surface area contributed by atoms with Gasteiger partial charge in [-0.2, -0.15) is 0 Å². The van der Waals surface area contributed by atoms with Gasteiger partial charge in [-0.3, -0.25) is 4.79 Å². The Balaban J connectivity index is 1.91. The van der Waals surface area contributed by atoms with Crippen LogP contribution in [0.25, 0.3) is 10.8 Å². The van der Waals surface area contributed by atoms with Gasteiger partial charge in [0.15, 0.2) is 6.61 Å². The average molecular weight is 350 g/mol. The Kier molecular flexibility index (Phi) is 6.05. The van der Waals surface area contributed by atoms with E-state index in [0.717, 1.165) is 41.1 Å². The van der Waals surface area contributed by atoms with Gasteiger partial charge < -0.3 is 10.1 Å². The van der Waals surface area contributed by atoms with Crippen molar-refractivity contribution < 1.29 is 9.53 Å². The van der Waals surface area contributed by atoms with Crippen LogP contribution >= 0.6 is 15.9 Å². The van der Waals surface area contributed by atoms with Crippen LogP contribution in [0.15, 0.2) is 40.9 Å². The lowest BCUT2D eigenvalue weighted by atomic mass is 10.1. The van der Waals surface area contributed by atoms with Crippen molar-refractivity contribution in [3.8, 4) is 5.75 Å². The Bertz CT molecular complexity index is 613. The maximum atomic E-state index is 11.7. The Hall–Kier alpha value is -1.55. The number of amides is 1. The maximum Gasteiger partial charge on any atom is 0.257 e. The number of hydrogen-bond donors (Lipinski definition) is 1. The van der Waals surface area contributed by atoms with E-state index in [4.69, 9.17) is 4.74 Å². The topological polar surface area (TPSA) is 38.3 Å². The monoisotopic (exact) mass is 349 g/mol. The molecule has 0 saturated heterocycles. The molecule has 0 spiro atoms. The third-order valence-electron chi connectivity index (χ3n) is 3.29. The number of carbonyl (C=O) groups excluding carboxylic acids is 1. The summed E-state index contributed by atoms with van der Waals surface area (Å²) in [6.07, 6.45) is 3.30. The molecule has 3 nitrogen and oxygen atoms in total. The van der Waals surface area contributed by atoms with Crippen molar-refractivity contribution in [2.24, 2.45) is 0 Å². The van der Waals surface area contributed by atoms with Gasteiger partial charge in [0, 0.05) is 6.54 Å². The quantitative estimate of drug-likeness (QED) is 0.757. The Labute approximate surface area is 133 Å². The number of halogens is 1. The molecule has 1 amide bonds. The molecule has 0 unspecified atom stereocenters. The first-order valence-electron chi connectivity index (χ1n) is 7.29. The molecule has 0 aliphatic rings. The number of benzene rings is 2. The fourth-order valence-electron chi connectivity index (χ4n) is 2.12. The Morgan fingerprint density at radius 3 is 2.81 bits per heavy atom. The van der Waals surface area contributed by atoms with Crippen molar-refractivity contribution in [1.82, 2.24) is 5.32 Å². The first-order chi connectivity index (χ1) is 10.2. The summed E-state index contributed by atoms with van der Waals surface area (Å²) in [6, 6.07) is 11.9. The van der Waals surface area contributed by atoms with Crippen LogP contribution in [0.2, 0.25) is 0 Å². The molecule has 2 rings (SSSR count). The minimum absolute atomic E-state index is 0.0447. The van der Waals surface area contributed by atoms with Crippen molar-refractivity contribution in [2.45, 2.75) is 26.2 Å². The lowest BCUT2D eigenvalue weighted by Crippen LogP contribution is -2.29. The van der Waals surface area contributed by atoms with Gasteiger partial charge in [-0.1, -0.05) is 50.1 Å². The molecule has 0 aliphatic heterocycles. The van der Waals surface area contributed by atoms with Crippen molar-refractivity contribution in [3.63, 3.8) is 0 Å². The van der Waals surface area contributed by atoms with E-state index in [-0.39, 0.29) is 12.5 Å². The minimum atomic E-state index is -0.0776. The van der Waals surface area contributed by atoms with E-state index < -0.39 is 0 Å². The molecule has 2 aromatic rings. The third kappa shape index (κ3) is 4.46. The molecule has 2 aromatic carbocycles. The van der Waals surface area contributed by atoms with Crippen LogP contribution in [-0.2, 0) is 4.79 Å². The lowest BCUT2D eigenvalue weighted by molar-refractivity contribution is -0.123. The van der Waals surface area contributed by atoms with Crippen LogP contribution in [0, 0.1) is 0 Å². The molecule has 0 fully saturated rings. The molecule has 0 aromatic heterocycles. The Morgan fingerprint density at radius 1 is 1.19 bits per heavy atom. The van der Waals surface area contributed by atoms with Crippen LogP contribution in [0.3, 0.4) is 0 Å². The minimum Gasteiger partial charge on any atom is -0.483 e. The molecule has 0 aliphatic carbocycles. The van der Waals surface area contributed by atoms with E-state index in [9.17, 15) is 4.79 Å². The summed E-state index contributed by atoms with van der Waals surface area (Å²) < 4.78 is 6.49.